The van der Waals surface area contributed by atoms with E-state index in [-0.39, 0.29) is 6.04 Å². The van der Waals surface area contributed by atoms with Crippen LogP contribution in [-0.2, 0) is 12.8 Å². The summed E-state index contributed by atoms with van der Waals surface area (Å²) in [6.45, 7) is 2.13. The number of hydrogen-bond acceptors (Lipinski definition) is 2. The lowest BCUT2D eigenvalue weighted by Gasteiger charge is -2.19. The van der Waals surface area contributed by atoms with E-state index < -0.39 is 0 Å². The van der Waals surface area contributed by atoms with Crippen molar-refractivity contribution in [3.8, 4) is 5.75 Å². The van der Waals surface area contributed by atoms with Gasteiger partial charge in [0, 0.05) is 17.1 Å². The lowest BCUT2D eigenvalue weighted by molar-refractivity contribution is 0.456. The lowest BCUT2D eigenvalue weighted by atomic mass is 10.1. The second-order valence-electron chi connectivity index (χ2n) is 5.50. The molecule has 0 radical (unpaired) electrons. The molecule has 0 amide bonds. The Morgan fingerprint density at radius 2 is 1.95 bits per heavy atom. The van der Waals surface area contributed by atoms with E-state index in [1.807, 2.05) is 24.3 Å². The Bertz CT molecular complexity index is 626. The molecule has 3 heteroatoms. The molecule has 104 valence electrons. The molecule has 0 spiro atoms. The van der Waals surface area contributed by atoms with E-state index in [1.165, 1.54) is 11.1 Å². The first-order valence-electron chi connectivity index (χ1n) is 6.94. The Labute approximate surface area is 124 Å². The number of halogens is 1. The smallest absolute Gasteiger partial charge is 0.115 e. The fourth-order valence-electron chi connectivity index (χ4n) is 2.95. The molecule has 3 rings (SSSR count). The second kappa shape index (κ2) is 5.47. The Balaban J connectivity index is 1.68. The summed E-state index contributed by atoms with van der Waals surface area (Å²) in [6, 6.07) is 14.2. The molecular weight excluding hydrogens is 270 g/mol. The molecule has 0 bridgehead atoms. The van der Waals surface area contributed by atoms with Gasteiger partial charge in [0.25, 0.3) is 0 Å². The molecule has 2 N–H and O–H groups in total. The summed E-state index contributed by atoms with van der Waals surface area (Å²) in [5, 5.41) is 14.0. The summed E-state index contributed by atoms with van der Waals surface area (Å²) in [5.74, 6) is 0.317. The summed E-state index contributed by atoms with van der Waals surface area (Å²) in [4.78, 5) is 0. The number of phenols is 1. The van der Waals surface area contributed by atoms with Gasteiger partial charge >= 0.3 is 0 Å². The van der Waals surface area contributed by atoms with Crippen molar-refractivity contribution in [3.63, 3.8) is 0 Å². The van der Waals surface area contributed by atoms with E-state index in [4.69, 9.17) is 11.6 Å². The topological polar surface area (TPSA) is 32.3 Å². The minimum absolute atomic E-state index is 0.219. The molecule has 0 heterocycles. The van der Waals surface area contributed by atoms with Crippen molar-refractivity contribution in [2.45, 2.75) is 31.8 Å². The summed E-state index contributed by atoms with van der Waals surface area (Å²) < 4.78 is 0. The number of fused-ring (bicyclic) bond motifs is 1. The van der Waals surface area contributed by atoms with Crippen LogP contribution < -0.4 is 5.32 Å². The quantitative estimate of drug-likeness (QED) is 0.898. The van der Waals surface area contributed by atoms with Crippen LogP contribution in [0.2, 0.25) is 5.02 Å². The fourth-order valence-corrected chi connectivity index (χ4v) is 3.14. The summed E-state index contributed by atoms with van der Waals surface area (Å²) in [6.07, 6.45) is 2.05. The van der Waals surface area contributed by atoms with E-state index in [2.05, 4.69) is 24.4 Å². The van der Waals surface area contributed by atoms with Crippen molar-refractivity contribution in [2.24, 2.45) is 0 Å². The van der Waals surface area contributed by atoms with Gasteiger partial charge in [0.05, 0.1) is 0 Å². The third-order valence-corrected chi connectivity index (χ3v) is 4.19. The summed E-state index contributed by atoms with van der Waals surface area (Å²) >= 11 is 6.04. The van der Waals surface area contributed by atoms with Crippen molar-refractivity contribution in [1.82, 2.24) is 5.32 Å². The van der Waals surface area contributed by atoms with Gasteiger partial charge in [-0.25, -0.2) is 0 Å². The van der Waals surface area contributed by atoms with Crippen LogP contribution >= 0.6 is 11.6 Å². The van der Waals surface area contributed by atoms with Gasteiger partial charge in [-0.2, -0.15) is 0 Å². The van der Waals surface area contributed by atoms with Crippen LogP contribution in [0.4, 0.5) is 0 Å². The Hall–Kier alpha value is -1.51. The molecule has 2 atom stereocenters. The zero-order chi connectivity index (χ0) is 14.1. The van der Waals surface area contributed by atoms with Crippen LogP contribution in [0, 0.1) is 0 Å². The molecule has 2 nitrogen and oxygen atoms in total. The van der Waals surface area contributed by atoms with Crippen molar-refractivity contribution in [1.29, 1.82) is 0 Å². The minimum atomic E-state index is 0.219. The molecule has 0 aliphatic heterocycles. The van der Waals surface area contributed by atoms with E-state index >= 15 is 0 Å². The summed E-state index contributed by atoms with van der Waals surface area (Å²) in [5.41, 5.74) is 3.84. The van der Waals surface area contributed by atoms with Crippen molar-refractivity contribution < 1.29 is 5.11 Å². The molecule has 0 saturated heterocycles. The monoisotopic (exact) mass is 287 g/mol. The maximum Gasteiger partial charge on any atom is 0.115 e. The number of hydrogen-bond donors (Lipinski definition) is 2. The average molecular weight is 288 g/mol. The van der Waals surface area contributed by atoms with Crippen LogP contribution in [-0.4, -0.2) is 11.1 Å². The van der Waals surface area contributed by atoms with Gasteiger partial charge in [-0.15, -0.1) is 0 Å². The van der Waals surface area contributed by atoms with E-state index in [0.717, 1.165) is 23.4 Å². The maximum atomic E-state index is 9.55. The SMILES string of the molecule is CC(NC1Cc2ccc(Cl)cc2C1)c1cccc(O)c1. The number of aromatic hydroxyl groups is 1. The van der Waals surface area contributed by atoms with Crippen LogP contribution in [0.5, 0.6) is 5.75 Å². The van der Waals surface area contributed by atoms with Gasteiger partial charge in [-0.3, -0.25) is 0 Å². The van der Waals surface area contributed by atoms with Gasteiger partial charge in [0.1, 0.15) is 5.75 Å². The zero-order valence-electron chi connectivity index (χ0n) is 11.4. The highest BCUT2D eigenvalue weighted by Gasteiger charge is 2.23. The predicted octanol–water partition coefficient (Wildman–Crippen LogP) is 3.86. The Morgan fingerprint density at radius 1 is 1.15 bits per heavy atom. The van der Waals surface area contributed by atoms with E-state index in [1.54, 1.807) is 6.07 Å². The predicted molar refractivity (Wildman–Crippen MR) is 82.3 cm³/mol. The Morgan fingerprint density at radius 3 is 2.75 bits per heavy atom. The standard InChI is InChI=1S/C17H18ClNO/c1-11(12-3-2-4-17(20)10-12)19-16-8-13-5-6-15(18)7-14(13)9-16/h2-7,10-11,16,19-20H,8-9H2,1H3. The molecular formula is C17H18ClNO. The average Bonchev–Trinajstić information content (AvgIpc) is 2.80. The number of benzene rings is 2. The molecule has 2 aromatic carbocycles. The second-order valence-corrected chi connectivity index (χ2v) is 5.94. The van der Waals surface area contributed by atoms with Crippen LogP contribution in [0.1, 0.15) is 29.7 Å². The van der Waals surface area contributed by atoms with Crippen molar-refractivity contribution in [2.75, 3.05) is 0 Å². The third kappa shape index (κ3) is 2.82. The molecule has 2 unspecified atom stereocenters. The molecule has 2 aromatic rings. The molecule has 0 aromatic heterocycles. The molecule has 20 heavy (non-hydrogen) atoms. The highest BCUT2D eigenvalue weighted by molar-refractivity contribution is 6.30. The van der Waals surface area contributed by atoms with Gasteiger partial charge in [-0.05, 0) is 60.7 Å². The number of nitrogens with one attached hydrogen (secondary N) is 1. The van der Waals surface area contributed by atoms with E-state index in [9.17, 15) is 5.11 Å². The van der Waals surface area contributed by atoms with Gasteiger partial charge < -0.3 is 10.4 Å². The first-order valence-corrected chi connectivity index (χ1v) is 7.32. The fraction of sp³-hybridized carbons (Fsp3) is 0.294. The van der Waals surface area contributed by atoms with Gasteiger partial charge in [-0.1, -0.05) is 29.8 Å². The molecule has 0 fully saturated rings. The van der Waals surface area contributed by atoms with Gasteiger partial charge in [0.15, 0.2) is 0 Å². The largest absolute Gasteiger partial charge is 0.508 e. The van der Waals surface area contributed by atoms with Crippen molar-refractivity contribution in [3.05, 3.63) is 64.2 Å². The Kier molecular flexibility index (Phi) is 3.68. The normalized spacial score (nSPS) is 18.8. The van der Waals surface area contributed by atoms with Crippen molar-refractivity contribution >= 4 is 11.6 Å². The maximum absolute atomic E-state index is 9.55. The highest BCUT2D eigenvalue weighted by Crippen LogP contribution is 2.27. The highest BCUT2D eigenvalue weighted by atomic mass is 35.5. The first kappa shape index (κ1) is 13.5. The molecule has 1 aliphatic rings. The molecule has 0 saturated carbocycles. The minimum Gasteiger partial charge on any atom is -0.508 e. The van der Waals surface area contributed by atoms with Crippen LogP contribution in [0.25, 0.3) is 0 Å². The van der Waals surface area contributed by atoms with Crippen LogP contribution in [0.3, 0.4) is 0 Å². The lowest BCUT2D eigenvalue weighted by Crippen LogP contribution is -2.32. The zero-order valence-corrected chi connectivity index (χ0v) is 12.2. The third-order valence-electron chi connectivity index (χ3n) is 3.96. The van der Waals surface area contributed by atoms with E-state index in [0.29, 0.717) is 11.8 Å². The van der Waals surface area contributed by atoms with Crippen LogP contribution in [0.15, 0.2) is 42.5 Å². The van der Waals surface area contributed by atoms with Gasteiger partial charge in [0.2, 0.25) is 0 Å². The number of phenolic OH excluding ortho intramolecular Hbond substituents is 1. The number of rotatable bonds is 3. The summed E-state index contributed by atoms with van der Waals surface area (Å²) in [7, 11) is 0. The molecule has 1 aliphatic carbocycles. The first-order chi connectivity index (χ1) is 9.61.